The van der Waals surface area contributed by atoms with Crippen LogP contribution >= 0.6 is 0 Å². The van der Waals surface area contributed by atoms with E-state index in [1.54, 1.807) is 6.92 Å². The molecule has 0 bridgehead atoms. The smallest absolute Gasteiger partial charge is 0.321 e. The van der Waals surface area contributed by atoms with Crippen LogP contribution in [0.25, 0.3) is 0 Å². The molecule has 0 aliphatic rings. The van der Waals surface area contributed by atoms with Gasteiger partial charge in [-0.05, 0) is 25.1 Å². The number of primary sulfonamides is 1. The van der Waals surface area contributed by atoms with Crippen LogP contribution in [0.1, 0.15) is 6.92 Å². The fraction of sp³-hybridized carbons (Fsp3) is 0.300. The van der Waals surface area contributed by atoms with Crippen LogP contribution in [0.3, 0.4) is 0 Å². The molecule has 1 aromatic carbocycles. The molecule has 0 heterocycles. The second-order valence-electron chi connectivity index (χ2n) is 3.63. The highest BCUT2D eigenvalue weighted by atomic mass is 32.2. The molecule has 0 saturated heterocycles. The van der Waals surface area contributed by atoms with Crippen LogP contribution in [0.15, 0.2) is 23.1 Å². The third-order valence-electron chi connectivity index (χ3n) is 2.33. The van der Waals surface area contributed by atoms with E-state index in [4.69, 9.17) is 5.14 Å². The highest BCUT2D eigenvalue weighted by Crippen LogP contribution is 2.19. The zero-order valence-electron chi connectivity index (χ0n) is 9.97. The number of carbonyl (C=O) groups is 1. The Morgan fingerprint density at radius 3 is 2.61 bits per heavy atom. The van der Waals surface area contributed by atoms with Crippen LogP contribution in [0, 0.1) is 5.82 Å². The maximum atomic E-state index is 13.4. The van der Waals surface area contributed by atoms with Crippen molar-refractivity contribution in [1.82, 2.24) is 4.90 Å². The Bertz CT molecular complexity index is 559. The second-order valence-corrected chi connectivity index (χ2v) is 5.19. The van der Waals surface area contributed by atoms with Gasteiger partial charge in [0.2, 0.25) is 10.0 Å². The molecule has 1 rings (SSSR count). The highest BCUT2D eigenvalue weighted by Gasteiger charge is 2.14. The van der Waals surface area contributed by atoms with Crippen molar-refractivity contribution < 1.29 is 17.6 Å². The molecule has 8 heteroatoms. The van der Waals surface area contributed by atoms with Crippen LogP contribution in [0.2, 0.25) is 0 Å². The number of hydrogen-bond acceptors (Lipinski definition) is 3. The van der Waals surface area contributed by atoms with Crippen molar-refractivity contribution in [1.29, 1.82) is 0 Å². The lowest BCUT2D eigenvalue weighted by molar-refractivity contribution is 0.224. The third kappa shape index (κ3) is 3.41. The van der Waals surface area contributed by atoms with E-state index >= 15 is 0 Å². The largest absolute Gasteiger partial charge is 0.328 e. The molecule has 0 spiro atoms. The Labute approximate surface area is 105 Å². The maximum absolute atomic E-state index is 13.4. The van der Waals surface area contributed by atoms with Crippen LogP contribution in [0.4, 0.5) is 14.9 Å². The molecular weight excluding hydrogens is 261 g/mol. The summed E-state index contributed by atoms with van der Waals surface area (Å²) in [6, 6.07) is 2.40. The van der Waals surface area contributed by atoms with E-state index < -0.39 is 21.9 Å². The van der Waals surface area contributed by atoms with Gasteiger partial charge in [-0.1, -0.05) is 0 Å². The van der Waals surface area contributed by atoms with Gasteiger partial charge < -0.3 is 10.2 Å². The number of nitrogens with zero attached hydrogens (tertiary/aromatic N) is 1. The molecule has 1 aromatic rings. The minimum atomic E-state index is -3.94. The molecule has 0 fully saturated rings. The number of amides is 2. The SMILES string of the molecule is CCN(C)C(=O)Nc1cc(S(N)(=O)=O)ccc1F. The highest BCUT2D eigenvalue weighted by molar-refractivity contribution is 7.89. The van der Waals surface area contributed by atoms with Crippen molar-refractivity contribution in [2.45, 2.75) is 11.8 Å². The van der Waals surface area contributed by atoms with Crippen molar-refractivity contribution >= 4 is 21.7 Å². The Kier molecular flexibility index (Phi) is 4.25. The van der Waals surface area contributed by atoms with Gasteiger partial charge in [0.05, 0.1) is 10.6 Å². The summed E-state index contributed by atoms with van der Waals surface area (Å²) in [6.45, 7) is 2.18. The molecule has 18 heavy (non-hydrogen) atoms. The molecule has 0 aliphatic carbocycles. The number of nitrogens with one attached hydrogen (secondary N) is 1. The quantitative estimate of drug-likeness (QED) is 0.860. The van der Waals surface area contributed by atoms with Gasteiger partial charge in [-0.15, -0.1) is 0 Å². The molecule has 0 saturated carbocycles. The van der Waals surface area contributed by atoms with Gasteiger partial charge in [-0.25, -0.2) is 22.7 Å². The fourth-order valence-electron chi connectivity index (χ4n) is 1.13. The van der Waals surface area contributed by atoms with Gasteiger partial charge in [-0.2, -0.15) is 0 Å². The molecule has 100 valence electrons. The zero-order valence-corrected chi connectivity index (χ0v) is 10.8. The van der Waals surface area contributed by atoms with Crippen molar-refractivity contribution in [3.05, 3.63) is 24.0 Å². The summed E-state index contributed by atoms with van der Waals surface area (Å²) >= 11 is 0. The molecule has 0 unspecified atom stereocenters. The number of halogens is 1. The number of benzene rings is 1. The Balaban J connectivity index is 3.06. The number of sulfonamides is 1. The normalized spacial score (nSPS) is 11.1. The van der Waals surface area contributed by atoms with E-state index in [1.807, 2.05) is 0 Å². The lowest BCUT2D eigenvalue weighted by Gasteiger charge is -2.16. The average Bonchev–Trinajstić information content (AvgIpc) is 2.29. The number of urea groups is 1. The molecule has 6 nitrogen and oxygen atoms in total. The predicted molar refractivity (Wildman–Crippen MR) is 65.1 cm³/mol. The molecule has 2 amide bonds. The molecule has 0 aliphatic heterocycles. The van der Waals surface area contributed by atoms with Crippen molar-refractivity contribution in [2.24, 2.45) is 5.14 Å². The lowest BCUT2D eigenvalue weighted by Crippen LogP contribution is -2.31. The first kappa shape index (κ1) is 14.4. The molecule has 0 aromatic heterocycles. The van der Waals surface area contributed by atoms with Gasteiger partial charge in [0.25, 0.3) is 0 Å². The summed E-state index contributed by atoms with van der Waals surface area (Å²) in [6.07, 6.45) is 0. The van der Waals surface area contributed by atoms with Gasteiger partial charge >= 0.3 is 6.03 Å². The van der Waals surface area contributed by atoms with Crippen LogP contribution in [-0.4, -0.2) is 32.9 Å². The summed E-state index contributed by atoms with van der Waals surface area (Å²) in [5, 5.41) is 7.18. The Morgan fingerprint density at radius 2 is 2.11 bits per heavy atom. The molecule has 0 radical (unpaired) electrons. The second kappa shape index (κ2) is 5.32. The van der Waals surface area contributed by atoms with E-state index in [0.717, 1.165) is 18.2 Å². The van der Waals surface area contributed by atoms with Gasteiger partial charge in [0.1, 0.15) is 5.82 Å². The molecular formula is C10H14FN3O3S. The minimum absolute atomic E-state index is 0.230. The standard InChI is InChI=1S/C10H14FN3O3S/c1-3-14(2)10(15)13-9-6-7(18(12,16)17)4-5-8(9)11/h4-6H,3H2,1-2H3,(H,13,15)(H2,12,16,17). The van der Waals surface area contributed by atoms with Gasteiger partial charge in [0.15, 0.2) is 0 Å². The topological polar surface area (TPSA) is 92.5 Å². The summed E-state index contributed by atoms with van der Waals surface area (Å²) in [5.74, 6) is -0.736. The van der Waals surface area contributed by atoms with Crippen molar-refractivity contribution in [3.63, 3.8) is 0 Å². The van der Waals surface area contributed by atoms with E-state index in [9.17, 15) is 17.6 Å². The summed E-state index contributed by atoms with van der Waals surface area (Å²) in [7, 11) is -2.41. The lowest BCUT2D eigenvalue weighted by atomic mass is 10.3. The van der Waals surface area contributed by atoms with E-state index in [1.165, 1.54) is 11.9 Å². The van der Waals surface area contributed by atoms with Crippen LogP contribution in [0.5, 0.6) is 0 Å². The first-order valence-corrected chi connectivity index (χ1v) is 6.64. The van der Waals surface area contributed by atoms with E-state index in [2.05, 4.69) is 5.32 Å². The maximum Gasteiger partial charge on any atom is 0.321 e. The van der Waals surface area contributed by atoms with Gasteiger partial charge in [0, 0.05) is 13.6 Å². The zero-order chi connectivity index (χ0) is 13.9. The summed E-state index contributed by atoms with van der Waals surface area (Å²) in [5.41, 5.74) is -0.230. The number of nitrogens with two attached hydrogens (primary N) is 1. The van der Waals surface area contributed by atoms with E-state index in [-0.39, 0.29) is 10.6 Å². The third-order valence-corrected chi connectivity index (χ3v) is 3.24. The number of carbonyl (C=O) groups excluding carboxylic acids is 1. The van der Waals surface area contributed by atoms with Crippen LogP contribution < -0.4 is 10.5 Å². The molecule has 3 N–H and O–H groups in total. The molecule has 0 atom stereocenters. The van der Waals surface area contributed by atoms with Gasteiger partial charge in [-0.3, -0.25) is 0 Å². The Morgan fingerprint density at radius 1 is 1.50 bits per heavy atom. The fourth-order valence-corrected chi connectivity index (χ4v) is 1.67. The number of anilines is 1. The minimum Gasteiger partial charge on any atom is -0.328 e. The first-order chi connectivity index (χ1) is 8.25. The van der Waals surface area contributed by atoms with Crippen molar-refractivity contribution in [3.8, 4) is 0 Å². The Hall–Kier alpha value is -1.67. The van der Waals surface area contributed by atoms with E-state index in [0.29, 0.717) is 6.54 Å². The van der Waals surface area contributed by atoms with Crippen LogP contribution in [-0.2, 0) is 10.0 Å². The first-order valence-electron chi connectivity index (χ1n) is 5.10. The summed E-state index contributed by atoms with van der Waals surface area (Å²) < 4.78 is 35.6. The summed E-state index contributed by atoms with van der Waals surface area (Å²) in [4.78, 5) is 12.6. The predicted octanol–water partition coefficient (Wildman–Crippen LogP) is 0.957. The monoisotopic (exact) mass is 275 g/mol. The number of rotatable bonds is 3. The number of hydrogen-bond donors (Lipinski definition) is 2. The van der Waals surface area contributed by atoms with Crippen molar-refractivity contribution in [2.75, 3.05) is 18.9 Å². The average molecular weight is 275 g/mol.